The monoisotopic (exact) mass is 435 g/mol. The van der Waals surface area contributed by atoms with Crippen LogP contribution in [-0.2, 0) is 14.1 Å². The number of aryl methyl sites for hydroxylation is 2. The minimum absolute atomic E-state index is 0.259. The molecule has 0 fully saturated rings. The Morgan fingerprint density at radius 1 is 1.16 bits per heavy atom. The number of tetrazole rings is 1. The van der Waals surface area contributed by atoms with Gasteiger partial charge in [0.05, 0.1) is 37.3 Å². The average molecular weight is 435 g/mol. The number of rotatable bonds is 7. The maximum atomic E-state index is 12.4. The van der Waals surface area contributed by atoms with Gasteiger partial charge in [0.2, 0.25) is 11.8 Å². The van der Waals surface area contributed by atoms with Gasteiger partial charge in [0.1, 0.15) is 11.4 Å². The number of hydrogen-bond acceptors (Lipinski definition) is 10. The summed E-state index contributed by atoms with van der Waals surface area (Å²) in [6.07, 6.45) is 4.86. The summed E-state index contributed by atoms with van der Waals surface area (Å²) in [7, 11) is 6.56. The fourth-order valence-electron chi connectivity index (χ4n) is 3.00. The van der Waals surface area contributed by atoms with Gasteiger partial charge in [0.25, 0.3) is 5.91 Å². The van der Waals surface area contributed by atoms with Gasteiger partial charge in [-0.1, -0.05) is 6.07 Å². The van der Waals surface area contributed by atoms with E-state index in [0.29, 0.717) is 34.5 Å². The number of aromatic nitrogens is 8. The van der Waals surface area contributed by atoms with Crippen molar-refractivity contribution in [1.29, 1.82) is 0 Å². The minimum Gasteiger partial charge on any atom is -0.494 e. The summed E-state index contributed by atoms with van der Waals surface area (Å²) in [5.74, 6) is 1.11. The maximum Gasteiger partial charge on any atom is 0.256 e. The van der Waals surface area contributed by atoms with E-state index in [4.69, 9.17) is 4.74 Å². The van der Waals surface area contributed by atoms with E-state index in [2.05, 4.69) is 46.4 Å². The van der Waals surface area contributed by atoms with Crippen molar-refractivity contribution in [2.24, 2.45) is 14.1 Å². The van der Waals surface area contributed by atoms with Crippen LogP contribution in [0.25, 0.3) is 11.4 Å². The molecule has 0 bridgehead atoms. The van der Waals surface area contributed by atoms with Gasteiger partial charge in [-0.3, -0.25) is 9.48 Å². The van der Waals surface area contributed by atoms with Crippen molar-refractivity contribution in [3.8, 4) is 17.1 Å². The summed E-state index contributed by atoms with van der Waals surface area (Å²) >= 11 is 0. The van der Waals surface area contributed by atoms with Crippen LogP contribution in [0.3, 0.4) is 0 Å². The van der Waals surface area contributed by atoms with Crippen LogP contribution in [0.1, 0.15) is 10.4 Å². The largest absolute Gasteiger partial charge is 0.494 e. The molecular formula is C19H21N11O2. The highest BCUT2D eigenvalue weighted by molar-refractivity contribution is 5.99. The Balaban J connectivity index is 1.73. The van der Waals surface area contributed by atoms with Crippen LogP contribution in [0.15, 0.2) is 36.8 Å². The second-order valence-corrected chi connectivity index (χ2v) is 6.68. The average Bonchev–Trinajstić information content (AvgIpc) is 3.41. The van der Waals surface area contributed by atoms with E-state index in [1.165, 1.54) is 25.2 Å². The molecule has 3 aromatic heterocycles. The van der Waals surface area contributed by atoms with Gasteiger partial charge < -0.3 is 20.7 Å². The fourth-order valence-corrected chi connectivity index (χ4v) is 3.00. The van der Waals surface area contributed by atoms with Crippen LogP contribution in [-0.4, -0.2) is 60.0 Å². The highest BCUT2D eigenvalue weighted by atomic mass is 16.5. The lowest BCUT2D eigenvalue weighted by atomic mass is 10.1. The summed E-state index contributed by atoms with van der Waals surface area (Å²) in [4.78, 5) is 22.5. The van der Waals surface area contributed by atoms with E-state index in [0.717, 1.165) is 0 Å². The van der Waals surface area contributed by atoms with Crippen LogP contribution in [0.4, 0.5) is 23.1 Å². The van der Waals surface area contributed by atoms with Crippen molar-refractivity contribution in [2.75, 3.05) is 24.8 Å². The van der Waals surface area contributed by atoms with Gasteiger partial charge in [0.15, 0.2) is 5.75 Å². The van der Waals surface area contributed by atoms with E-state index in [1.807, 2.05) is 12.1 Å². The number of nitrogens with zero attached hydrogens (tertiary/aromatic N) is 8. The van der Waals surface area contributed by atoms with Crippen molar-refractivity contribution in [1.82, 2.24) is 45.3 Å². The molecule has 13 nitrogen and oxygen atoms in total. The predicted octanol–water partition coefficient (Wildman–Crippen LogP) is 1.26. The van der Waals surface area contributed by atoms with Gasteiger partial charge in [-0.25, -0.2) is 4.98 Å². The summed E-state index contributed by atoms with van der Waals surface area (Å²) in [6, 6.07) is 5.42. The van der Waals surface area contributed by atoms with Crippen LogP contribution in [0.5, 0.6) is 5.75 Å². The van der Waals surface area contributed by atoms with E-state index >= 15 is 0 Å². The van der Waals surface area contributed by atoms with Crippen LogP contribution in [0, 0.1) is 0 Å². The van der Waals surface area contributed by atoms with Gasteiger partial charge in [0, 0.05) is 26.5 Å². The fraction of sp³-hybridized carbons (Fsp3) is 0.211. The van der Waals surface area contributed by atoms with E-state index in [9.17, 15) is 4.79 Å². The topological polar surface area (TPSA) is 150 Å². The highest BCUT2D eigenvalue weighted by Gasteiger charge is 2.19. The summed E-state index contributed by atoms with van der Waals surface area (Å²) < 4.78 is 7.27. The molecule has 0 aliphatic heterocycles. The number of hydrogen-bond donors (Lipinski definition) is 3. The molecule has 13 heteroatoms. The first kappa shape index (κ1) is 20.7. The minimum atomic E-state index is -0.342. The SMILES string of the molecule is CNC(=O)c1cnc(Nc2cnn(C)c2)nc1Nc1cccc(-c2nnn(C)n2)c1OC. The second-order valence-electron chi connectivity index (χ2n) is 6.68. The molecule has 0 saturated heterocycles. The molecule has 0 spiro atoms. The number of anilines is 4. The molecular weight excluding hydrogens is 414 g/mol. The Hall–Kier alpha value is -4.55. The molecule has 32 heavy (non-hydrogen) atoms. The van der Waals surface area contributed by atoms with Crippen LogP contribution < -0.4 is 20.7 Å². The summed E-state index contributed by atoms with van der Waals surface area (Å²) in [5, 5.41) is 25.1. The summed E-state index contributed by atoms with van der Waals surface area (Å²) in [6.45, 7) is 0. The first-order chi connectivity index (χ1) is 15.5. The lowest BCUT2D eigenvalue weighted by Crippen LogP contribution is -2.20. The maximum absolute atomic E-state index is 12.4. The molecule has 0 unspecified atom stereocenters. The quantitative estimate of drug-likeness (QED) is 0.387. The van der Waals surface area contributed by atoms with Crippen molar-refractivity contribution < 1.29 is 9.53 Å². The normalized spacial score (nSPS) is 10.6. The first-order valence-electron chi connectivity index (χ1n) is 9.51. The third-order valence-electron chi connectivity index (χ3n) is 4.44. The van der Waals surface area contributed by atoms with Crippen LogP contribution in [0.2, 0.25) is 0 Å². The molecule has 0 radical (unpaired) electrons. The molecule has 1 aromatic carbocycles. The smallest absolute Gasteiger partial charge is 0.256 e. The number of carbonyl (C=O) groups is 1. The van der Waals surface area contributed by atoms with E-state index in [1.54, 1.807) is 37.2 Å². The Kier molecular flexibility index (Phi) is 5.61. The van der Waals surface area contributed by atoms with Crippen LogP contribution >= 0.6 is 0 Å². The van der Waals surface area contributed by atoms with E-state index < -0.39 is 0 Å². The predicted molar refractivity (Wildman–Crippen MR) is 116 cm³/mol. The zero-order valence-electron chi connectivity index (χ0n) is 17.9. The van der Waals surface area contributed by atoms with Gasteiger partial charge in [-0.15, -0.1) is 10.2 Å². The molecule has 0 atom stereocenters. The lowest BCUT2D eigenvalue weighted by molar-refractivity contribution is 0.0963. The molecule has 164 valence electrons. The van der Waals surface area contributed by atoms with Gasteiger partial charge >= 0.3 is 0 Å². The number of ether oxygens (including phenoxy) is 1. The number of amides is 1. The molecule has 1 amide bonds. The molecule has 0 aliphatic carbocycles. The summed E-state index contributed by atoms with van der Waals surface area (Å²) in [5.41, 5.74) is 2.16. The Morgan fingerprint density at radius 2 is 2.00 bits per heavy atom. The van der Waals surface area contributed by atoms with Crippen molar-refractivity contribution in [3.63, 3.8) is 0 Å². The van der Waals surface area contributed by atoms with Gasteiger partial charge in [-0.2, -0.15) is 14.9 Å². The lowest BCUT2D eigenvalue weighted by Gasteiger charge is -2.15. The van der Waals surface area contributed by atoms with Crippen molar-refractivity contribution >= 4 is 29.0 Å². The molecule has 0 saturated carbocycles. The Labute approximate surface area is 182 Å². The van der Waals surface area contributed by atoms with Crippen molar-refractivity contribution in [2.45, 2.75) is 0 Å². The first-order valence-corrected chi connectivity index (χ1v) is 9.51. The third-order valence-corrected chi connectivity index (χ3v) is 4.44. The molecule has 4 aromatic rings. The van der Waals surface area contributed by atoms with Gasteiger partial charge in [-0.05, 0) is 17.3 Å². The third kappa shape index (κ3) is 4.16. The molecule has 3 N–H and O–H groups in total. The Bertz CT molecular complexity index is 1260. The molecule has 4 rings (SSSR count). The number of methoxy groups -OCH3 is 1. The number of para-hydroxylation sites is 1. The molecule has 3 heterocycles. The molecule has 0 aliphatic rings. The number of nitrogens with one attached hydrogen (secondary N) is 3. The Morgan fingerprint density at radius 3 is 2.66 bits per heavy atom. The second kappa shape index (κ2) is 8.67. The standard InChI is InChI=1S/C19H21N11O2/c1-20-18(31)13-9-21-19(23-11-8-22-29(2)10-11)25-16(13)24-14-7-5-6-12(15(14)32-4)17-26-28-30(3)27-17/h5-10H,1-4H3,(H,20,31)(H2,21,23,24,25). The number of benzene rings is 1. The van der Waals surface area contributed by atoms with Crippen molar-refractivity contribution in [3.05, 3.63) is 42.4 Å². The number of carbonyl (C=O) groups excluding carboxylic acids is 1. The highest BCUT2D eigenvalue weighted by Crippen LogP contribution is 2.36. The zero-order valence-corrected chi connectivity index (χ0v) is 17.9. The van der Waals surface area contributed by atoms with E-state index in [-0.39, 0.29) is 17.3 Å². The zero-order chi connectivity index (χ0) is 22.7.